The fourth-order valence-corrected chi connectivity index (χ4v) is 8.41. The van der Waals surface area contributed by atoms with E-state index in [0.717, 1.165) is 41.2 Å². The summed E-state index contributed by atoms with van der Waals surface area (Å²) in [5.74, 6) is -8.93. The predicted octanol–water partition coefficient (Wildman–Crippen LogP) is -3.55. The van der Waals surface area contributed by atoms with E-state index in [-0.39, 0.29) is 70.4 Å². The molecule has 5 rings (SSSR count). The number of ketones is 1. The molecule has 3 atom stereocenters. The van der Waals surface area contributed by atoms with E-state index in [0.29, 0.717) is 29.7 Å². The number of likely N-dealkylation sites (tertiary alicyclic amines) is 1. The number of nitrogens with one attached hydrogen (secondary N) is 1. The van der Waals surface area contributed by atoms with Gasteiger partial charge < -0.3 is 50.4 Å². The van der Waals surface area contributed by atoms with Crippen molar-refractivity contribution in [3.63, 3.8) is 0 Å². The summed E-state index contributed by atoms with van der Waals surface area (Å²) in [6.07, 6.45) is 1.28. The van der Waals surface area contributed by atoms with Crippen molar-refractivity contribution >= 4 is 63.5 Å². The van der Waals surface area contributed by atoms with Crippen LogP contribution in [0.3, 0.4) is 0 Å². The van der Waals surface area contributed by atoms with Gasteiger partial charge in [0, 0.05) is 41.0 Å². The van der Waals surface area contributed by atoms with Gasteiger partial charge in [0.05, 0.1) is 55.1 Å². The molecule has 3 aliphatic heterocycles. The summed E-state index contributed by atoms with van der Waals surface area (Å²) in [4.78, 5) is 74.2. The van der Waals surface area contributed by atoms with Gasteiger partial charge in [-0.3, -0.25) is 19.3 Å². The third kappa shape index (κ3) is 8.39. The van der Waals surface area contributed by atoms with Crippen molar-refractivity contribution in [2.24, 2.45) is 11.1 Å². The fourth-order valence-electron chi connectivity index (χ4n) is 6.36. The number of thiazole rings is 1. The molecule has 2 aromatic rings. The number of nitrogens with two attached hydrogens (primary N) is 1. The monoisotopic (exact) mass is 770 g/mol. The van der Waals surface area contributed by atoms with Crippen molar-refractivity contribution in [3.8, 4) is 11.5 Å². The summed E-state index contributed by atoms with van der Waals surface area (Å²) < 4.78 is 14.3. The Bertz CT molecular complexity index is 1820. The maximum Gasteiger partial charge on any atom is 1.00 e. The number of β-lactam (4-membered cyclic amide) rings is 1. The molecule has 4 heterocycles. The Morgan fingerprint density at radius 1 is 1.21 bits per heavy atom. The molecule has 52 heavy (non-hydrogen) atoms. The predicted molar refractivity (Wildman–Crippen MR) is 177 cm³/mol. The topological polar surface area (TPSA) is 248 Å². The summed E-state index contributed by atoms with van der Waals surface area (Å²) in [6.45, 7) is 6.26. The number of oxime groups is 1. The normalized spacial score (nSPS) is 21.2. The number of aromatic nitrogens is 1. The number of nitrogens with zero attached hydrogens (tertiary/aromatic N) is 4. The number of carboxylic acids is 2. The number of Topliss-reactive ketones (excluding diaryl/α,β-unsaturated/α-hetero) is 1. The molecular formula is C32H36FN6NaO10S2. The van der Waals surface area contributed by atoms with Gasteiger partial charge in [0.25, 0.3) is 5.91 Å². The minimum Gasteiger partial charge on any atom is -0.546 e. The van der Waals surface area contributed by atoms with Crippen molar-refractivity contribution < 1.29 is 87.7 Å². The average molecular weight is 771 g/mol. The van der Waals surface area contributed by atoms with Crippen molar-refractivity contribution in [1.82, 2.24) is 15.2 Å². The van der Waals surface area contributed by atoms with Crippen LogP contribution < -0.4 is 50.8 Å². The van der Waals surface area contributed by atoms with Crippen molar-refractivity contribution in [3.05, 3.63) is 45.9 Å². The molecular weight excluding hydrogens is 735 g/mol. The number of thioether (sulfide) groups is 1. The third-order valence-corrected chi connectivity index (χ3v) is 11.4. The molecule has 2 amide bonds. The Labute approximate surface area is 327 Å². The molecule has 1 aromatic carbocycles. The minimum atomic E-state index is -1.90. The molecule has 2 fully saturated rings. The minimum absolute atomic E-state index is 0. The van der Waals surface area contributed by atoms with Crippen LogP contribution in [0.4, 0.5) is 9.52 Å². The first-order valence-electron chi connectivity index (χ1n) is 15.9. The molecule has 5 N–H and O–H groups in total. The van der Waals surface area contributed by atoms with Crippen molar-refractivity contribution in [2.45, 2.75) is 56.3 Å². The number of anilines is 1. The first-order valence-corrected chi connectivity index (χ1v) is 17.8. The summed E-state index contributed by atoms with van der Waals surface area (Å²) in [5, 5.41) is 50.1. The van der Waals surface area contributed by atoms with Crippen LogP contribution in [0.15, 0.2) is 33.9 Å². The first-order chi connectivity index (χ1) is 23.9. The maximum absolute atomic E-state index is 13.9. The quantitative estimate of drug-likeness (QED) is 0.0364. The van der Waals surface area contributed by atoms with Gasteiger partial charge in [-0.05, 0) is 32.9 Å². The van der Waals surface area contributed by atoms with E-state index in [1.807, 2.05) is 6.92 Å². The number of amides is 2. The van der Waals surface area contributed by atoms with Gasteiger partial charge in [0.1, 0.15) is 12.2 Å². The Hall–Kier alpha value is -3.75. The molecule has 0 aliphatic carbocycles. The van der Waals surface area contributed by atoms with Gasteiger partial charge in [-0.1, -0.05) is 5.16 Å². The Morgan fingerprint density at radius 2 is 1.88 bits per heavy atom. The fraction of sp³-hybridized carbons (Fsp3) is 0.469. The van der Waals surface area contributed by atoms with Gasteiger partial charge >= 0.3 is 29.6 Å². The number of halogens is 1. The Morgan fingerprint density at radius 3 is 2.46 bits per heavy atom. The first kappa shape index (κ1) is 41.0. The zero-order valence-electron chi connectivity index (χ0n) is 28.8. The molecule has 2 saturated heterocycles. The second kappa shape index (κ2) is 16.1. The summed E-state index contributed by atoms with van der Waals surface area (Å²) in [6, 6.07) is 1.75. The molecule has 16 nitrogen and oxygen atoms in total. The largest absolute Gasteiger partial charge is 1.00 e. The van der Waals surface area contributed by atoms with Crippen LogP contribution in [-0.4, -0.2) is 109 Å². The number of aromatic hydroxyl groups is 2. The van der Waals surface area contributed by atoms with Gasteiger partial charge in [-0.2, -0.15) is 0 Å². The Balaban J connectivity index is 0.00000605. The third-order valence-electron chi connectivity index (χ3n) is 9.21. The van der Waals surface area contributed by atoms with Crippen LogP contribution in [0.5, 0.6) is 11.5 Å². The molecule has 0 spiro atoms. The number of fused-ring (bicyclic) bond motifs is 1. The van der Waals surface area contributed by atoms with E-state index in [9.17, 15) is 48.8 Å². The number of nitrogen functional groups attached to an aromatic ring is 1. The van der Waals surface area contributed by atoms with E-state index in [4.69, 9.17) is 10.6 Å². The summed E-state index contributed by atoms with van der Waals surface area (Å²) >= 11 is 2.33. The molecule has 0 radical (unpaired) electrons. The molecule has 1 aromatic heterocycles. The van der Waals surface area contributed by atoms with Crippen LogP contribution in [0.1, 0.15) is 56.1 Å². The smallest absolute Gasteiger partial charge is 0.546 e. The van der Waals surface area contributed by atoms with Gasteiger partial charge in [-0.15, -0.1) is 23.1 Å². The number of hydrogen-bond acceptors (Lipinski definition) is 15. The van der Waals surface area contributed by atoms with Crippen LogP contribution >= 0.6 is 23.1 Å². The van der Waals surface area contributed by atoms with E-state index >= 15 is 0 Å². The molecule has 274 valence electrons. The van der Waals surface area contributed by atoms with Crippen LogP contribution in [0.25, 0.3) is 0 Å². The van der Waals surface area contributed by atoms with Crippen molar-refractivity contribution in [1.29, 1.82) is 0 Å². The Kier molecular flexibility index (Phi) is 12.7. The van der Waals surface area contributed by atoms with Crippen LogP contribution in [-0.2, 0) is 24.0 Å². The van der Waals surface area contributed by atoms with E-state index < -0.39 is 75.4 Å². The molecule has 0 saturated carbocycles. The maximum atomic E-state index is 13.9. The molecule has 0 unspecified atom stereocenters. The number of aliphatic carboxylic acids is 2. The van der Waals surface area contributed by atoms with E-state index in [2.05, 4.69) is 15.5 Å². The van der Waals surface area contributed by atoms with Gasteiger partial charge in [0.15, 0.2) is 39.5 Å². The van der Waals surface area contributed by atoms with Gasteiger partial charge in [0.2, 0.25) is 5.91 Å². The second-order valence-corrected chi connectivity index (χ2v) is 15.5. The van der Waals surface area contributed by atoms with Crippen LogP contribution in [0.2, 0.25) is 0 Å². The summed E-state index contributed by atoms with van der Waals surface area (Å²) in [5.41, 5.74) is 3.53. The van der Waals surface area contributed by atoms with Crippen LogP contribution in [0, 0.1) is 11.7 Å². The zero-order chi connectivity index (χ0) is 37.4. The number of phenolic OH excluding ortho intramolecular Hbond substituents is 2. The standard InChI is InChI=1S/C32H37FN6O10S2.Na/c1-15-18(13-39(7-4-5-8-39)9-6-35-26(43)16-10-19(33)25(42)22(41)11-16)24(29(45)46)38-27(44)17(28(38)51-15)12-21(40)23(20-14-50-31(34)36-20)37-49-32(2,3)30(47)48;/h10-11,14-15,17,28H,4-9,12-13H2,1-3H3,(H6-,34,35,36,37,40,41,42,43,45,46,47,48);/q;+1/p-1/t15-,17+,28+;/m0./s1. The molecule has 20 heteroatoms. The number of carbonyl (C=O) groups is 5. The van der Waals surface area contributed by atoms with E-state index in [1.165, 1.54) is 31.0 Å². The molecule has 3 aliphatic rings. The number of rotatable bonds is 14. The van der Waals surface area contributed by atoms with Crippen molar-refractivity contribution in [2.75, 3.05) is 38.5 Å². The van der Waals surface area contributed by atoms with E-state index in [1.54, 1.807) is 0 Å². The SMILES string of the molecule is C[C@@H]1S[C@@H]2[C@H](CC(=O)/C(=N\OC(C)(C)C(=O)[O-])c3csc(N)n3)C(=O)N2C(C(=O)[O-])=C1C[N+]1(CCNC(=O)c2cc(O)c(O)c(F)c2)CCCC1.[Na+]. The van der Waals surface area contributed by atoms with Gasteiger partial charge in [-0.25, -0.2) is 9.37 Å². The zero-order valence-corrected chi connectivity index (χ0v) is 32.5. The summed E-state index contributed by atoms with van der Waals surface area (Å²) in [7, 11) is 0. The number of quaternary nitrogens is 1. The average Bonchev–Trinajstić information content (AvgIpc) is 3.71. The second-order valence-electron chi connectivity index (χ2n) is 13.1. The number of carbonyl (C=O) groups excluding carboxylic acids is 5. The molecule has 0 bridgehead atoms. The number of benzene rings is 1. The number of phenols is 2. The number of carboxylic acid groups (broad SMARTS) is 2. The number of hydrogen-bond donors (Lipinski definition) is 4.